The molecular formula is C12H17BrN2OS. The monoisotopic (exact) mass is 316 g/mol. The van der Waals surface area contributed by atoms with Crippen molar-refractivity contribution < 1.29 is 4.79 Å². The molecule has 1 aliphatic rings. The lowest BCUT2D eigenvalue weighted by molar-refractivity contribution is -0.126. The molecule has 2 rings (SSSR count). The number of nitrogens with one attached hydrogen (secondary N) is 1. The quantitative estimate of drug-likeness (QED) is 0.900. The number of hydrogen-bond acceptors (Lipinski definition) is 3. The van der Waals surface area contributed by atoms with Crippen molar-refractivity contribution >= 4 is 33.2 Å². The van der Waals surface area contributed by atoms with E-state index < -0.39 is 0 Å². The van der Waals surface area contributed by atoms with Crippen LogP contribution in [0.25, 0.3) is 0 Å². The molecule has 17 heavy (non-hydrogen) atoms. The molecular weight excluding hydrogens is 300 g/mol. The summed E-state index contributed by atoms with van der Waals surface area (Å²) in [6, 6.07) is 4.06. The van der Waals surface area contributed by atoms with Crippen LogP contribution in [0.3, 0.4) is 0 Å². The molecule has 3 nitrogen and oxygen atoms in total. The van der Waals surface area contributed by atoms with E-state index in [0.717, 1.165) is 34.3 Å². The summed E-state index contributed by atoms with van der Waals surface area (Å²) in [4.78, 5) is 13.2. The molecule has 0 radical (unpaired) electrons. The molecule has 0 spiro atoms. The Labute approximate surface area is 114 Å². The lowest BCUT2D eigenvalue weighted by atomic mass is 9.84. The van der Waals surface area contributed by atoms with Gasteiger partial charge in [-0.2, -0.15) is 0 Å². The molecule has 1 fully saturated rings. The fourth-order valence-corrected chi connectivity index (χ4v) is 3.66. The van der Waals surface area contributed by atoms with Crippen LogP contribution in [0, 0.1) is 5.92 Å². The second-order valence-corrected chi connectivity index (χ2v) is 7.03. The number of rotatable bonds is 3. The summed E-state index contributed by atoms with van der Waals surface area (Å²) in [5.41, 5.74) is 5.99. The summed E-state index contributed by atoms with van der Waals surface area (Å²) in [6.07, 6.45) is 4.18. The van der Waals surface area contributed by atoms with Crippen molar-refractivity contribution in [2.24, 2.45) is 11.7 Å². The summed E-state index contributed by atoms with van der Waals surface area (Å²) in [5.74, 6) is 0.119. The predicted molar refractivity (Wildman–Crippen MR) is 73.8 cm³/mol. The zero-order chi connectivity index (χ0) is 12.3. The summed E-state index contributed by atoms with van der Waals surface area (Å²) in [7, 11) is 0. The van der Waals surface area contributed by atoms with Gasteiger partial charge in [0, 0.05) is 10.9 Å². The van der Waals surface area contributed by atoms with E-state index in [-0.39, 0.29) is 17.9 Å². The Morgan fingerprint density at radius 1 is 1.47 bits per heavy atom. The van der Waals surface area contributed by atoms with Crippen LogP contribution in [0.5, 0.6) is 0 Å². The van der Waals surface area contributed by atoms with Gasteiger partial charge < -0.3 is 11.1 Å². The molecule has 94 valence electrons. The second kappa shape index (κ2) is 5.98. The molecule has 2 unspecified atom stereocenters. The van der Waals surface area contributed by atoms with Crippen LogP contribution in [0.4, 0.5) is 0 Å². The molecule has 1 aromatic heterocycles. The van der Waals surface area contributed by atoms with Gasteiger partial charge in [0.05, 0.1) is 16.2 Å². The smallest absolute Gasteiger partial charge is 0.224 e. The number of halogens is 1. The van der Waals surface area contributed by atoms with Gasteiger partial charge >= 0.3 is 0 Å². The lowest BCUT2D eigenvalue weighted by Crippen LogP contribution is -2.43. The van der Waals surface area contributed by atoms with Crippen molar-refractivity contribution in [3.8, 4) is 0 Å². The van der Waals surface area contributed by atoms with Crippen LogP contribution >= 0.6 is 27.3 Å². The molecule has 1 heterocycles. The van der Waals surface area contributed by atoms with E-state index in [4.69, 9.17) is 5.73 Å². The van der Waals surface area contributed by atoms with Gasteiger partial charge in [0.1, 0.15) is 0 Å². The SMILES string of the molecule is NC1CCCCC1C(=O)NCc1ccc(Br)s1. The Hall–Kier alpha value is -0.390. The van der Waals surface area contributed by atoms with Gasteiger partial charge in [0.15, 0.2) is 0 Å². The molecule has 1 aliphatic carbocycles. The van der Waals surface area contributed by atoms with Crippen molar-refractivity contribution in [2.45, 2.75) is 38.3 Å². The van der Waals surface area contributed by atoms with E-state index in [9.17, 15) is 4.79 Å². The molecule has 0 aliphatic heterocycles. The average Bonchev–Trinajstić information content (AvgIpc) is 2.73. The van der Waals surface area contributed by atoms with Gasteiger partial charge in [0.2, 0.25) is 5.91 Å². The second-order valence-electron chi connectivity index (χ2n) is 4.48. The van der Waals surface area contributed by atoms with Gasteiger partial charge in [-0.15, -0.1) is 11.3 Å². The molecule has 2 atom stereocenters. The summed E-state index contributed by atoms with van der Waals surface area (Å²) >= 11 is 5.06. The molecule has 0 saturated heterocycles. The zero-order valence-electron chi connectivity index (χ0n) is 9.62. The minimum atomic E-state index is 0.00662. The highest BCUT2D eigenvalue weighted by Gasteiger charge is 2.27. The van der Waals surface area contributed by atoms with E-state index >= 15 is 0 Å². The van der Waals surface area contributed by atoms with Crippen molar-refractivity contribution in [2.75, 3.05) is 0 Å². The van der Waals surface area contributed by atoms with Crippen molar-refractivity contribution in [3.05, 3.63) is 20.8 Å². The number of carbonyl (C=O) groups excluding carboxylic acids is 1. The van der Waals surface area contributed by atoms with Crippen LogP contribution in [-0.2, 0) is 11.3 Å². The highest BCUT2D eigenvalue weighted by atomic mass is 79.9. The maximum absolute atomic E-state index is 12.0. The highest BCUT2D eigenvalue weighted by Crippen LogP contribution is 2.24. The third kappa shape index (κ3) is 3.53. The normalized spacial score (nSPS) is 24.6. The molecule has 1 aromatic rings. The van der Waals surface area contributed by atoms with Crippen molar-refractivity contribution in [1.82, 2.24) is 5.32 Å². The zero-order valence-corrected chi connectivity index (χ0v) is 12.0. The first-order valence-corrected chi connectivity index (χ1v) is 7.55. The summed E-state index contributed by atoms with van der Waals surface area (Å²) < 4.78 is 1.09. The standard InChI is InChI=1S/C12H17BrN2OS/c13-11-6-5-8(17-11)7-15-12(16)9-3-1-2-4-10(9)14/h5-6,9-10H,1-4,7,14H2,(H,15,16). The fraction of sp³-hybridized carbons (Fsp3) is 0.583. The van der Waals surface area contributed by atoms with Gasteiger partial charge in [0.25, 0.3) is 0 Å². The Morgan fingerprint density at radius 2 is 2.24 bits per heavy atom. The fourth-order valence-electron chi connectivity index (χ4n) is 2.24. The average molecular weight is 317 g/mol. The van der Waals surface area contributed by atoms with Crippen LogP contribution < -0.4 is 11.1 Å². The summed E-state index contributed by atoms with van der Waals surface area (Å²) in [5, 5.41) is 2.98. The molecule has 3 N–H and O–H groups in total. The largest absolute Gasteiger partial charge is 0.351 e. The van der Waals surface area contributed by atoms with E-state index in [1.165, 1.54) is 0 Å². The Balaban J connectivity index is 1.84. The topological polar surface area (TPSA) is 55.1 Å². The molecule has 0 aromatic carbocycles. The minimum Gasteiger partial charge on any atom is -0.351 e. The van der Waals surface area contributed by atoms with Crippen molar-refractivity contribution in [3.63, 3.8) is 0 Å². The molecule has 5 heteroatoms. The minimum absolute atomic E-state index is 0.00662. The number of nitrogens with two attached hydrogens (primary N) is 1. The van der Waals surface area contributed by atoms with E-state index in [1.54, 1.807) is 11.3 Å². The first-order valence-electron chi connectivity index (χ1n) is 5.94. The predicted octanol–water partition coefficient (Wildman–Crippen LogP) is 2.64. The van der Waals surface area contributed by atoms with E-state index in [0.29, 0.717) is 6.54 Å². The lowest BCUT2D eigenvalue weighted by Gasteiger charge is -2.27. The Kier molecular flexibility index (Phi) is 4.59. The maximum Gasteiger partial charge on any atom is 0.224 e. The van der Waals surface area contributed by atoms with Gasteiger partial charge in [-0.25, -0.2) is 0 Å². The highest BCUT2D eigenvalue weighted by molar-refractivity contribution is 9.11. The van der Waals surface area contributed by atoms with Crippen LogP contribution in [0.15, 0.2) is 15.9 Å². The first kappa shape index (κ1) is 13.1. The first-order chi connectivity index (χ1) is 8.16. The number of amides is 1. The Bertz CT molecular complexity index is 394. The van der Waals surface area contributed by atoms with E-state index in [1.807, 2.05) is 12.1 Å². The van der Waals surface area contributed by atoms with E-state index in [2.05, 4.69) is 21.2 Å². The van der Waals surface area contributed by atoms with Gasteiger partial charge in [-0.3, -0.25) is 4.79 Å². The number of thiophene rings is 1. The van der Waals surface area contributed by atoms with Crippen LogP contribution in [-0.4, -0.2) is 11.9 Å². The van der Waals surface area contributed by atoms with Gasteiger partial charge in [-0.1, -0.05) is 12.8 Å². The molecule has 1 amide bonds. The van der Waals surface area contributed by atoms with Crippen molar-refractivity contribution in [1.29, 1.82) is 0 Å². The molecule has 1 saturated carbocycles. The number of carbonyl (C=O) groups is 1. The Morgan fingerprint density at radius 3 is 2.88 bits per heavy atom. The van der Waals surface area contributed by atoms with Gasteiger partial charge in [-0.05, 0) is 40.9 Å². The third-order valence-corrected chi connectivity index (χ3v) is 4.85. The van der Waals surface area contributed by atoms with Crippen LogP contribution in [0.2, 0.25) is 0 Å². The van der Waals surface area contributed by atoms with Crippen LogP contribution in [0.1, 0.15) is 30.6 Å². The summed E-state index contributed by atoms with van der Waals surface area (Å²) in [6.45, 7) is 0.609. The number of hydrogen-bond donors (Lipinski definition) is 2. The third-order valence-electron chi connectivity index (χ3n) is 3.22. The maximum atomic E-state index is 12.0. The molecule has 0 bridgehead atoms.